The average Bonchev–Trinajstić information content (AvgIpc) is 2.94. The van der Waals surface area contributed by atoms with Gasteiger partial charge in [0.1, 0.15) is 6.04 Å². The van der Waals surface area contributed by atoms with Crippen LogP contribution >= 0.6 is 0 Å². The standard InChI is InChI=1S/C21H20N2O4/c24-19-16-10-4-5-11-17(16)20(25)23(19)27-21(26)18-12-6-7-13-22(18)14-15-8-2-1-3-9-15/h1-5,8-11,18H,6-7,12-14H2. The van der Waals surface area contributed by atoms with Crippen LogP contribution in [0.25, 0.3) is 0 Å². The highest BCUT2D eigenvalue weighted by atomic mass is 16.7. The van der Waals surface area contributed by atoms with Crippen LogP contribution in [0.5, 0.6) is 0 Å². The summed E-state index contributed by atoms with van der Waals surface area (Å²) in [4.78, 5) is 44.9. The van der Waals surface area contributed by atoms with Crippen molar-refractivity contribution in [2.24, 2.45) is 0 Å². The molecule has 1 atom stereocenters. The summed E-state index contributed by atoms with van der Waals surface area (Å²) in [6.07, 6.45) is 2.56. The van der Waals surface area contributed by atoms with Gasteiger partial charge in [0.15, 0.2) is 0 Å². The minimum Gasteiger partial charge on any atom is -0.328 e. The molecule has 0 spiro atoms. The molecular weight excluding hydrogens is 344 g/mol. The van der Waals surface area contributed by atoms with Crippen molar-refractivity contribution in [2.45, 2.75) is 31.8 Å². The number of benzene rings is 2. The predicted molar refractivity (Wildman–Crippen MR) is 97.5 cm³/mol. The van der Waals surface area contributed by atoms with Gasteiger partial charge in [-0.3, -0.25) is 14.5 Å². The van der Waals surface area contributed by atoms with E-state index < -0.39 is 23.8 Å². The number of likely N-dealkylation sites (tertiary alicyclic amines) is 1. The van der Waals surface area contributed by atoms with Crippen LogP contribution in [-0.2, 0) is 16.2 Å². The number of hydroxylamine groups is 2. The zero-order valence-corrected chi connectivity index (χ0v) is 14.8. The molecule has 6 heteroatoms. The highest BCUT2D eigenvalue weighted by molar-refractivity contribution is 6.20. The molecule has 2 aromatic carbocycles. The van der Waals surface area contributed by atoms with Gasteiger partial charge < -0.3 is 4.84 Å². The first-order valence-electron chi connectivity index (χ1n) is 9.13. The lowest BCUT2D eigenvalue weighted by Crippen LogP contribution is -2.47. The van der Waals surface area contributed by atoms with Gasteiger partial charge in [-0.1, -0.05) is 53.9 Å². The van der Waals surface area contributed by atoms with E-state index >= 15 is 0 Å². The van der Waals surface area contributed by atoms with Crippen LogP contribution in [0, 0.1) is 0 Å². The van der Waals surface area contributed by atoms with Crippen LogP contribution in [0.2, 0.25) is 0 Å². The largest absolute Gasteiger partial charge is 0.350 e. The molecule has 0 saturated carbocycles. The van der Waals surface area contributed by atoms with Gasteiger partial charge in [-0.15, -0.1) is 0 Å². The summed E-state index contributed by atoms with van der Waals surface area (Å²) in [7, 11) is 0. The van der Waals surface area contributed by atoms with Gasteiger partial charge >= 0.3 is 5.97 Å². The zero-order chi connectivity index (χ0) is 18.8. The van der Waals surface area contributed by atoms with Gasteiger partial charge in [-0.05, 0) is 37.1 Å². The Labute approximate surface area is 157 Å². The Kier molecular flexibility index (Phi) is 4.73. The Morgan fingerprint density at radius 1 is 0.926 bits per heavy atom. The maximum absolute atomic E-state index is 12.8. The third kappa shape index (κ3) is 3.36. The second kappa shape index (κ2) is 7.32. The monoisotopic (exact) mass is 364 g/mol. The van der Waals surface area contributed by atoms with E-state index in [1.54, 1.807) is 24.3 Å². The Hall–Kier alpha value is -2.99. The minimum atomic E-state index is -0.589. The van der Waals surface area contributed by atoms with E-state index in [0.29, 0.717) is 18.0 Å². The number of imide groups is 1. The molecule has 0 aliphatic carbocycles. The highest BCUT2D eigenvalue weighted by Crippen LogP contribution is 2.25. The lowest BCUT2D eigenvalue weighted by molar-refractivity contribution is -0.176. The van der Waals surface area contributed by atoms with Crippen molar-refractivity contribution < 1.29 is 19.2 Å². The summed E-state index contributed by atoms with van der Waals surface area (Å²) in [6, 6.07) is 15.9. The molecule has 2 aliphatic rings. The van der Waals surface area contributed by atoms with Gasteiger partial charge in [-0.25, -0.2) is 4.79 Å². The van der Waals surface area contributed by atoms with Gasteiger partial charge in [0.05, 0.1) is 11.1 Å². The Morgan fingerprint density at radius 3 is 2.22 bits per heavy atom. The summed E-state index contributed by atoms with van der Waals surface area (Å²) in [6.45, 7) is 1.40. The fourth-order valence-corrected chi connectivity index (χ4v) is 3.67. The molecule has 2 heterocycles. The lowest BCUT2D eigenvalue weighted by atomic mass is 10.0. The number of carbonyl (C=O) groups is 3. The summed E-state index contributed by atoms with van der Waals surface area (Å²) in [5.41, 5.74) is 1.64. The van der Waals surface area contributed by atoms with Gasteiger partial charge in [-0.2, -0.15) is 0 Å². The SMILES string of the molecule is O=C(ON1C(=O)c2ccccc2C1=O)C1CCCCN1Cc1ccccc1. The number of hydrogen-bond acceptors (Lipinski definition) is 5. The second-order valence-electron chi connectivity index (χ2n) is 6.83. The van der Waals surface area contributed by atoms with Crippen molar-refractivity contribution in [3.05, 3.63) is 71.3 Å². The molecule has 0 bridgehead atoms. The topological polar surface area (TPSA) is 66.9 Å². The molecule has 1 saturated heterocycles. The van der Waals surface area contributed by atoms with Crippen LogP contribution in [0.4, 0.5) is 0 Å². The van der Waals surface area contributed by atoms with E-state index in [1.165, 1.54) is 0 Å². The van der Waals surface area contributed by atoms with Crippen LogP contribution in [-0.4, -0.2) is 40.3 Å². The van der Waals surface area contributed by atoms with Crippen LogP contribution in [0.15, 0.2) is 54.6 Å². The Bertz CT molecular complexity index is 846. The van der Waals surface area contributed by atoms with E-state index in [9.17, 15) is 14.4 Å². The molecule has 2 amide bonds. The van der Waals surface area contributed by atoms with Crippen molar-refractivity contribution in [1.29, 1.82) is 0 Å². The second-order valence-corrected chi connectivity index (χ2v) is 6.83. The van der Waals surface area contributed by atoms with E-state index in [1.807, 2.05) is 30.3 Å². The fraction of sp³-hybridized carbons (Fsp3) is 0.286. The molecule has 0 N–H and O–H groups in total. The number of rotatable bonds is 4. The van der Waals surface area contributed by atoms with Crippen molar-refractivity contribution in [3.8, 4) is 0 Å². The predicted octanol–water partition coefficient (Wildman–Crippen LogP) is 2.80. The minimum absolute atomic E-state index is 0.264. The van der Waals surface area contributed by atoms with Crippen molar-refractivity contribution in [2.75, 3.05) is 6.54 Å². The third-order valence-corrected chi connectivity index (χ3v) is 5.05. The van der Waals surface area contributed by atoms with E-state index in [4.69, 9.17) is 4.84 Å². The lowest BCUT2D eigenvalue weighted by Gasteiger charge is -2.34. The molecule has 2 aliphatic heterocycles. The van der Waals surface area contributed by atoms with E-state index in [0.717, 1.165) is 24.9 Å². The van der Waals surface area contributed by atoms with E-state index in [-0.39, 0.29) is 11.1 Å². The summed E-state index contributed by atoms with van der Waals surface area (Å²) in [5, 5.41) is 0.600. The Balaban J connectivity index is 1.48. The number of fused-ring (bicyclic) bond motifs is 1. The number of amides is 2. The Morgan fingerprint density at radius 2 is 1.56 bits per heavy atom. The zero-order valence-electron chi connectivity index (χ0n) is 14.8. The summed E-state index contributed by atoms with van der Waals surface area (Å²) >= 11 is 0. The number of hydrogen-bond donors (Lipinski definition) is 0. The molecule has 4 rings (SSSR count). The molecule has 2 aromatic rings. The molecular formula is C21H20N2O4. The third-order valence-electron chi connectivity index (χ3n) is 5.05. The smallest absolute Gasteiger partial charge is 0.328 e. The average molecular weight is 364 g/mol. The van der Waals surface area contributed by atoms with Crippen LogP contribution in [0.1, 0.15) is 45.5 Å². The maximum Gasteiger partial charge on any atom is 0.350 e. The van der Waals surface area contributed by atoms with E-state index in [2.05, 4.69) is 4.90 Å². The molecule has 6 nitrogen and oxygen atoms in total. The fourth-order valence-electron chi connectivity index (χ4n) is 3.67. The van der Waals surface area contributed by atoms with Gasteiger partial charge in [0.25, 0.3) is 11.8 Å². The summed E-state index contributed by atoms with van der Waals surface area (Å²) < 4.78 is 0. The molecule has 1 fully saturated rings. The van der Waals surface area contributed by atoms with Crippen molar-refractivity contribution in [3.63, 3.8) is 0 Å². The molecule has 1 unspecified atom stereocenters. The first kappa shape index (κ1) is 17.4. The first-order chi connectivity index (χ1) is 13.1. The quantitative estimate of drug-likeness (QED) is 0.781. The summed E-state index contributed by atoms with van der Waals surface area (Å²) in [5.74, 6) is -1.73. The van der Waals surface area contributed by atoms with Crippen LogP contribution in [0.3, 0.4) is 0 Å². The van der Waals surface area contributed by atoms with Crippen molar-refractivity contribution in [1.82, 2.24) is 9.96 Å². The molecule has 0 radical (unpaired) electrons. The van der Waals surface area contributed by atoms with Gasteiger partial charge in [0, 0.05) is 6.54 Å². The van der Waals surface area contributed by atoms with Crippen molar-refractivity contribution >= 4 is 17.8 Å². The van der Waals surface area contributed by atoms with Crippen LogP contribution < -0.4 is 0 Å². The number of nitrogens with zero attached hydrogens (tertiary/aromatic N) is 2. The first-order valence-corrected chi connectivity index (χ1v) is 9.13. The molecule has 138 valence electrons. The number of piperidine rings is 1. The normalized spacial score (nSPS) is 19.9. The highest BCUT2D eigenvalue weighted by Gasteiger charge is 2.41. The van der Waals surface area contributed by atoms with Gasteiger partial charge in [0.2, 0.25) is 0 Å². The number of carbonyl (C=O) groups excluding carboxylic acids is 3. The maximum atomic E-state index is 12.8. The molecule has 0 aromatic heterocycles. The molecule has 27 heavy (non-hydrogen) atoms.